The van der Waals surface area contributed by atoms with Crippen LogP contribution >= 0.6 is 12.4 Å². The highest BCUT2D eigenvalue weighted by Crippen LogP contribution is 2.39. The molecule has 2 aromatic rings. The SMILES string of the molecule is Cl.NC(=O)C1(Cc2cn[nH]c2)CCCc2ccccc21. The third-order valence-electron chi connectivity index (χ3n) is 4.12. The van der Waals surface area contributed by atoms with Crippen molar-refractivity contribution in [3.63, 3.8) is 0 Å². The van der Waals surface area contributed by atoms with Crippen LogP contribution in [0.3, 0.4) is 0 Å². The summed E-state index contributed by atoms with van der Waals surface area (Å²) >= 11 is 0. The van der Waals surface area contributed by atoms with Gasteiger partial charge in [-0.25, -0.2) is 0 Å². The van der Waals surface area contributed by atoms with Crippen LogP contribution < -0.4 is 5.73 Å². The first-order valence-corrected chi connectivity index (χ1v) is 6.58. The van der Waals surface area contributed by atoms with Gasteiger partial charge in [-0.3, -0.25) is 9.89 Å². The molecule has 1 aromatic heterocycles. The predicted octanol–water partition coefficient (Wildman–Crippen LogP) is 2.13. The lowest BCUT2D eigenvalue weighted by molar-refractivity contribution is -0.124. The molecule has 0 fully saturated rings. The van der Waals surface area contributed by atoms with Crippen molar-refractivity contribution in [2.24, 2.45) is 5.73 Å². The molecule has 106 valence electrons. The molecule has 1 aromatic carbocycles. The average Bonchev–Trinajstić information content (AvgIpc) is 2.91. The molecule has 1 aliphatic carbocycles. The summed E-state index contributed by atoms with van der Waals surface area (Å²) in [5.74, 6) is -0.235. The molecule has 4 nitrogen and oxygen atoms in total. The van der Waals surface area contributed by atoms with Crippen LogP contribution in [-0.2, 0) is 23.1 Å². The van der Waals surface area contributed by atoms with Crippen molar-refractivity contribution in [2.75, 3.05) is 0 Å². The van der Waals surface area contributed by atoms with E-state index in [2.05, 4.69) is 16.3 Å². The maximum absolute atomic E-state index is 12.2. The van der Waals surface area contributed by atoms with Gasteiger partial charge in [0.05, 0.1) is 11.6 Å². The van der Waals surface area contributed by atoms with Crippen LogP contribution in [0.25, 0.3) is 0 Å². The zero-order valence-electron chi connectivity index (χ0n) is 11.1. The van der Waals surface area contributed by atoms with Gasteiger partial charge < -0.3 is 5.73 Å². The highest BCUT2D eigenvalue weighted by Gasteiger charge is 2.41. The minimum atomic E-state index is -0.585. The number of aromatic amines is 1. The highest BCUT2D eigenvalue weighted by molar-refractivity contribution is 5.88. The van der Waals surface area contributed by atoms with E-state index in [1.165, 1.54) is 5.56 Å². The summed E-state index contributed by atoms with van der Waals surface area (Å²) in [6.07, 6.45) is 7.05. The van der Waals surface area contributed by atoms with Crippen molar-refractivity contribution >= 4 is 18.3 Å². The number of primary amides is 1. The number of amides is 1. The van der Waals surface area contributed by atoms with Crippen molar-refractivity contribution in [1.82, 2.24) is 10.2 Å². The van der Waals surface area contributed by atoms with E-state index in [0.29, 0.717) is 6.42 Å². The maximum atomic E-state index is 12.2. The number of H-pyrrole nitrogens is 1. The number of nitrogens with zero attached hydrogens (tertiary/aromatic N) is 1. The Bertz CT molecular complexity index is 597. The van der Waals surface area contributed by atoms with Gasteiger partial charge in [0.25, 0.3) is 0 Å². The fraction of sp³-hybridized carbons (Fsp3) is 0.333. The van der Waals surface area contributed by atoms with Crippen LogP contribution in [0.15, 0.2) is 36.7 Å². The minimum Gasteiger partial charge on any atom is -0.369 e. The molecule has 0 saturated carbocycles. The number of nitrogens with one attached hydrogen (secondary N) is 1. The molecule has 20 heavy (non-hydrogen) atoms. The number of carbonyl (C=O) groups is 1. The van der Waals surface area contributed by atoms with E-state index < -0.39 is 5.41 Å². The normalized spacial score (nSPS) is 20.8. The molecule has 1 unspecified atom stereocenters. The Balaban J connectivity index is 0.00000147. The largest absolute Gasteiger partial charge is 0.369 e. The molecular formula is C15H18ClN3O. The van der Waals surface area contributed by atoms with Crippen LogP contribution in [0.5, 0.6) is 0 Å². The number of rotatable bonds is 3. The molecule has 0 spiro atoms. The van der Waals surface area contributed by atoms with E-state index >= 15 is 0 Å². The van der Waals surface area contributed by atoms with Gasteiger partial charge in [0.1, 0.15) is 0 Å². The Morgan fingerprint density at radius 2 is 2.20 bits per heavy atom. The second-order valence-electron chi connectivity index (χ2n) is 5.24. The van der Waals surface area contributed by atoms with Crippen LogP contribution in [0, 0.1) is 0 Å². The van der Waals surface area contributed by atoms with Crippen LogP contribution in [0.1, 0.15) is 29.5 Å². The number of nitrogens with two attached hydrogens (primary N) is 1. The third-order valence-corrected chi connectivity index (χ3v) is 4.12. The minimum absolute atomic E-state index is 0. The molecule has 3 rings (SSSR count). The van der Waals surface area contributed by atoms with Gasteiger partial charge in [-0.15, -0.1) is 12.4 Å². The van der Waals surface area contributed by atoms with Gasteiger partial charge in [0.15, 0.2) is 0 Å². The van der Waals surface area contributed by atoms with E-state index in [9.17, 15) is 4.79 Å². The van der Waals surface area contributed by atoms with Crippen molar-refractivity contribution in [2.45, 2.75) is 31.1 Å². The Morgan fingerprint density at radius 1 is 1.40 bits per heavy atom. The molecule has 1 atom stereocenters. The standard InChI is InChI=1S/C15H17N3O.ClH/c16-14(19)15(8-11-9-17-18-10-11)7-3-5-12-4-1-2-6-13(12)15;/h1-2,4,6,9-10H,3,5,7-8H2,(H2,16,19)(H,17,18);1H. The first kappa shape index (κ1) is 14.6. The number of halogens is 1. The van der Waals surface area contributed by atoms with Gasteiger partial charge in [0.2, 0.25) is 5.91 Å². The fourth-order valence-electron chi connectivity index (χ4n) is 3.17. The number of aromatic nitrogens is 2. The van der Waals surface area contributed by atoms with Crippen molar-refractivity contribution in [1.29, 1.82) is 0 Å². The average molecular weight is 292 g/mol. The third kappa shape index (κ3) is 2.31. The monoisotopic (exact) mass is 291 g/mol. The molecule has 0 radical (unpaired) electrons. The van der Waals surface area contributed by atoms with Gasteiger partial charge in [-0.2, -0.15) is 5.10 Å². The molecule has 1 aliphatic rings. The summed E-state index contributed by atoms with van der Waals surface area (Å²) in [7, 11) is 0. The van der Waals surface area contributed by atoms with Crippen molar-refractivity contribution in [3.05, 3.63) is 53.3 Å². The second-order valence-corrected chi connectivity index (χ2v) is 5.24. The van der Waals surface area contributed by atoms with E-state index in [1.807, 2.05) is 24.4 Å². The second kappa shape index (κ2) is 5.67. The summed E-state index contributed by atoms with van der Waals surface area (Å²) in [6.45, 7) is 0. The number of hydrogen-bond donors (Lipinski definition) is 2. The topological polar surface area (TPSA) is 71.8 Å². The molecule has 1 amide bonds. The van der Waals surface area contributed by atoms with E-state index in [4.69, 9.17) is 5.73 Å². The highest BCUT2D eigenvalue weighted by atomic mass is 35.5. The molecule has 1 heterocycles. The van der Waals surface area contributed by atoms with Gasteiger partial charge in [-0.05, 0) is 42.4 Å². The van der Waals surface area contributed by atoms with Crippen molar-refractivity contribution in [3.8, 4) is 0 Å². The molecule has 0 bridgehead atoms. The number of carbonyl (C=O) groups excluding carboxylic acids is 1. The smallest absolute Gasteiger partial charge is 0.228 e. The zero-order valence-corrected chi connectivity index (χ0v) is 12.0. The summed E-state index contributed by atoms with van der Waals surface area (Å²) in [5, 5.41) is 6.75. The number of hydrogen-bond acceptors (Lipinski definition) is 2. The summed E-state index contributed by atoms with van der Waals surface area (Å²) in [6, 6.07) is 8.14. The first-order valence-electron chi connectivity index (χ1n) is 6.58. The van der Waals surface area contributed by atoms with Crippen LogP contribution in [0.4, 0.5) is 0 Å². The number of benzene rings is 1. The number of aryl methyl sites for hydroxylation is 1. The number of fused-ring (bicyclic) bond motifs is 1. The van der Waals surface area contributed by atoms with Crippen LogP contribution in [0.2, 0.25) is 0 Å². The molecule has 5 heteroatoms. The predicted molar refractivity (Wildman–Crippen MR) is 79.8 cm³/mol. The Hall–Kier alpha value is -1.81. The quantitative estimate of drug-likeness (QED) is 0.909. The molecule has 3 N–H and O–H groups in total. The molecule has 0 saturated heterocycles. The maximum Gasteiger partial charge on any atom is 0.228 e. The summed E-state index contributed by atoms with van der Waals surface area (Å²) < 4.78 is 0. The van der Waals surface area contributed by atoms with Crippen LogP contribution in [-0.4, -0.2) is 16.1 Å². The fourth-order valence-corrected chi connectivity index (χ4v) is 3.17. The van der Waals surface area contributed by atoms with Gasteiger partial charge in [0, 0.05) is 6.20 Å². The van der Waals surface area contributed by atoms with E-state index in [0.717, 1.165) is 30.4 Å². The summed E-state index contributed by atoms with van der Waals surface area (Å²) in [4.78, 5) is 12.2. The van der Waals surface area contributed by atoms with E-state index in [-0.39, 0.29) is 18.3 Å². The van der Waals surface area contributed by atoms with Gasteiger partial charge >= 0.3 is 0 Å². The lowest BCUT2D eigenvalue weighted by Crippen LogP contribution is -2.45. The Labute approximate surface area is 124 Å². The van der Waals surface area contributed by atoms with E-state index in [1.54, 1.807) is 6.20 Å². The molecular weight excluding hydrogens is 274 g/mol. The van der Waals surface area contributed by atoms with Gasteiger partial charge in [-0.1, -0.05) is 24.3 Å². The lowest BCUT2D eigenvalue weighted by atomic mass is 9.66. The zero-order chi connectivity index (χ0) is 13.3. The van der Waals surface area contributed by atoms with Crippen molar-refractivity contribution < 1.29 is 4.79 Å². The molecule has 0 aliphatic heterocycles. The summed E-state index contributed by atoms with van der Waals surface area (Å²) in [5.41, 5.74) is 8.54. The lowest BCUT2D eigenvalue weighted by Gasteiger charge is -2.36. The Kier molecular flexibility index (Phi) is 4.14. The first-order chi connectivity index (χ1) is 9.22. The Morgan fingerprint density at radius 3 is 2.90 bits per heavy atom.